The fourth-order valence-corrected chi connectivity index (χ4v) is 14.7. The van der Waals surface area contributed by atoms with E-state index in [2.05, 4.69) is 16.0 Å². The monoisotopic (exact) mass is 1260 g/mol. The average molecular weight is 1260 g/mol. The minimum absolute atomic E-state index is 0.237. The van der Waals surface area contributed by atoms with E-state index in [9.17, 15) is 64.9 Å². The zero-order valence-corrected chi connectivity index (χ0v) is 49.1. The number of benzene rings is 5. The SMILES string of the molecule is CP(=O)(OCc1ccccc1)C(CC(=O)NC(CO)[C@H](O)[C@H](O[C@@H]1OC(CO)[C@@H](O[C@@H]2OC(CO)[C@@H](O)[C@@H](O)C2NC(=O)OCc2ccccc2)[C@@H](O)C1NC(=O)OCc1ccccc1)C(O)CO)P(=O)(OCc1ccccc1)OCc1ccccc1. The predicted octanol–water partition coefficient (Wildman–Crippen LogP) is 2.52. The van der Waals surface area contributed by atoms with Crippen molar-refractivity contribution in [3.05, 3.63) is 179 Å². The number of hydrogen-bond acceptors (Lipinski definition) is 23. The zero-order chi connectivity index (χ0) is 62.5. The molecular weight excluding hydrogens is 1180 g/mol. The molecule has 2 fully saturated rings. The Morgan fingerprint density at radius 2 is 0.954 bits per heavy atom. The minimum Gasteiger partial charge on any atom is -0.445 e. The molecule has 0 radical (unpaired) electrons. The van der Waals surface area contributed by atoms with Crippen LogP contribution in [0.3, 0.4) is 0 Å². The van der Waals surface area contributed by atoms with E-state index in [0.717, 1.165) is 6.66 Å². The van der Waals surface area contributed by atoms with Gasteiger partial charge < -0.3 is 104 Å². The Morgan fingerprint density at radius 1 is 0.540 bits per heavy atom. The predicted molar refractivity (Wildman–Crippen MR) is 308 cm³/mol. The normalized spacial score (nSPS) is 24.7. The summed E-state index contributed by atoms with van der Waals surface area (Å²) in [5.41, 5.74) is 2.76. The maximum atomic E-state index is 15.4. The Hall–Kier alpha value is -6.07. The first kappa shape index (κ1) is 68.4. The van der Waals surface area contributed by atoms with E-state index in [4.69, 9.17) is 42.0 Å². The van der Waals surface area contributed by atoms with Crippen LogP contribution in [0, 0.1) is 0 Å². The first-order valence-corrected chi connectivity index (χ1v) is 31.5. The molecule has 2 aliphatic rings. The van der Waals surface area contributed by atoms with Crippen molar-refractivity contribution in [1.29, 1.82) is 0 Å². The van der Waals surface area contributed by atoms with Gasteiger partial charge in [-0.25, -0.2) is 9.59 Å². The maximum Gasteiger partial charge on any atom is 0.407 e. The van der Waals surface area contributed by atoms with E-state index in [-0.39, 0.29) is 33.0 Å². The summed E-state index contributed by atoms with van der Waals surface area (Å²) in [7, 11) is -9.07. The highest BCUT2D eigenvalue weighted by Crippen LogP contribution is 2.70. The number of alkyl carbamates (subject to hydrolysis) is 2. The van der Waals surface area contributed by atoms with E-state index < -0.39 is 157 Å². The van der Waals surface area contributed by atoms with Gasteiger partial charge in [-0.05, 0) is 27.8 Å². The van der Waals surface area contributed by atoms with E-state index in [1.165, 1.54) is 0 Å². The molecule has 0 spiro atoms. The standard InChI is InChI=1S/C59H75N3O23P2/c1-86(75,79-34-39-21-11-4-12-22-39)47(87(76,80-35-40-23-13-5-14-24-40)81-36-41-25-15-6-16-26-41)27-46(68)60-42(28-63)50(69)54(43(67)29-64)84-57-49(62-59(74)78-33-38-19-9-3-10-20-38)53(72)55(45(31-66)83-57)85-56-48(52(71)51(70)44(30-65)82-56)61-58(73)77-32-37-17-7-2-8-18-37/h2-26,42-45,47-57,63-67,69-72H,27-36H2,1H3,(H,60,68)(H,61,73)(H,62,74)/t42?,43?,44?,45?,47?,48?,49?,50-,51+,52-,53-,54+,55+,56-,57-,86?/m0/s1. The Bertz CT molecular complexity index is 2920. The van der Waals surface area contributed by atoms with Gasteiger partial charge in [0.25, 0.3) is 0 Å². The molecular formula is C59H75N3O23P2. The summed E-state index contributed by atoms with van der Waals surface area (Å²) >= 11 is 0. The van der Waals surface area contributed by atoms with Crippen molar-refractivity contribution in [2.75, 3.05) is 33.1 Å². The van der Waals surface area contributed by atoms with Gasteiger partial charge in [0.2, 0.25) is 13.3 Å². The third-order valence-corrected chi connectivity index (χ3v) is 20.2. The Morgan fingerprint density at radius 3 is 1.38 bits per heavy atom. The number of nitrogens with one attached hydrogen (secondary N) is 3. The van der Waals surface area contributed by atoms with Crippen LogP contribution >= 0.6 is 15.0 Å². The molecule has 28 heteroatoms. The number of aliphatic hydroxyl groups is 9. The molecule has 474 valence electrons. The van der Waals surface area contributed by atoms with Crippen molar-refractivity contribution < 1.29 is 111 Å². The number of aliphatic hydroxyl groups excluding tert-OH is 9. The van der Waals surface area contributed by atoms with E-state index >= 15 is 4.57 Å². The van der Waals surface area contributed by atoms with Crippen molar-refractivity contribution in [3.8, 4) is 0 Å². The smallest absolute Gasteiger partial charge is 0.407 e. The third kappa shape index (κ3) is 19.5. The number of carbonyl (C=O) groups is 3. The van der Waals surface area contributed by atoms with Crippen LogP contribution in [0.15, 0.2) is 152 Å². The number of amides is 3. The Labute approximate surface area is 501 Å². The summed E-state index contributed by atoms with van der Waals surface area (Å²) < 4.78 is 83.3. The van der Waals surface area contributed by atoms with Crippen molar-refractivity contribution in [2.24, 2.45) is 0 Å². The molecule has 5 aromatic carbocycles. The van der Waals surface area contributed by atoms with Crippen molar-refractivity contribution in [1.82, 2.24) is 16.0 Å². The lowest BCUT2D eigenvalue weighted by molar-refractivity contribution is -0.341. The minimum atomic E-state index is -4.76. The van der Waals surface area contributed by atoms with Gasteiger partial charge in [-0.15, -0.1) is 0 Å². The molecule has 12 N–H and O–H groups in total. The highest BCUT2D eigenvalue weighted by Gasteiger charge is 2.54. The molecule has 7 rings (SSSR count). The second-order valence-corrected chi connectivity index (χ2v) is 25.9. The second kappa shape index (κ2) is 33.5. The van der Waals surface area contributed by atoms with Crippen LogP contribution in [0.2, 0.25) is 0 Å². The second-order valence-electron chi connectivity index (χ2n) is 20.6. The number of carbonyl (C=O) groups excluding carboxylic acids is 3. The molecule has 0 bridgehead atoms. The van der Waals surface area contributed by atoms with Crippen molar-refractivity contribution >= 4 is 33.1 Å². The fraction of sp³-hybridized carbons (Fsp3) is 0.441. The summed E-state index contributed by atoms with van der Waals surface area (Å²) in [6, 6.07) is 36.9. The van der Waals surface area contributed by atoms with Gasteiger partial charge in [-0.2, -0.15) is 0 Å². The summed E-state index contributed by atoms with van der Waals surface area (Å²) in [5, 5.41) is 105. The van der Waals surface area contributed by atoms with Crippen molar-refractivity contribution in [2.45, 2.75) is 130 Å². The van der Waals surface area contributed by atoms with E-state index in [1.54, 1.807) is 152 Å². The van der Waals surface area contributed by atoms with Crippen LogP contribution in [0.25, 0.3) is 0 Å². The Kier molecular flexibility index (Phi) is 26.3. The lowest BCUT2D eigenvalue weighted by Crippen LogP contribution is -2.70. The highest BCUT2D eigenvalue weighted by atomic mass is 31.2. The molecule has 2 heterocycles. The van der Waals surface area contributed by atoms with Crippen molar-refractivity contribution in [3.63, 3.8) is 0 Å². The first-order chi connectivity index (χ1) is 41.9. The molecule has 0 aliphatic carbocycles. The number of ether oxygens (including phenoxy) is 6. The van der Waals surface area contributed by atoms with Gasteiger partial charge in [0.15, 0.2) is 12.6 Å². The highest BCUT2D eigenvalue weighted by molar-refractivity contribution is 7.74. The summed E-state index contributed by atoms with van der Waals surface area (Å²) in [6.07, 6.45) is -25.0. The van der Waals surface area contributed by atoms with Crippen LogP contribution in [0.5, 0.6) is 0 Å². The zero-order valence-electron chi connectivity index (χ0n) is 47.3. The Balaban J connectivity index is 1.15. The number of hydrogen-bond donors (Lipinski definition) is 12. The van der Waals surface area contributed by atoms with Crippen LogP contribution in [0.4, 0.5) is 9.59 Å². The molecule has 3 amide bonds. The molecule has 16 atom stereocenters. The molecule has 26 nitrogen and oxygen atoms in total. The first-order valence-electron chi connectivity index (χ1n) is 27.8. The van der Waals surface area contributed by atoms with Gasteiger partial charge >= 0.3 is 19.8 Å². The van der Waals surface area contributed by atoms with Gasteiger partial charge in [-0.1, -0.05) is 152 Å². The largest absolute Gasteiger partial charge is 0.445 e. The molecule has 0 saturated carbocycles. The lowest BCUT2D eigenvalue weighted by Gasteiger charge is -2.48. The third-order valence-electron chi connectivity index (χ3n) is 14.3. The van der Waals surface area contributed by atoms with E-state index in [0.29, 0.717) is 27.8 Å². The molecule has 0 aromatic heterocycles. The van der Waals surface area contributed by atoms with Gasteiger partial charge in [0.1, 0.15) is 85.6 Å². The average Bonchev–Trinajstić information content (AvgIpc) is 3.63. The molecule has 2 saturated heterocycles. The van der Waals surface area contributed by atoms with Gasteiger partial charge in [-0.3, -0.25) is 13.9 Å². The van der Waals surface area contributed by atoms with Gasteiger partial charge in [0, 0.05) is 13.1 Å². The summed E-state index contributed by atoms with van der Waals surface area (Å²) in [4.78, 5) is 41.3. The maximum absolute atomic E-state index is 15.4. The summed E-state index contributed by atoms with van der Waals surface area (Å²) in [5.74, 6) is -1.12. The van der Waals surface area contributed by atoms with Crippen LogP contribution in [-0.2, 0) is 89.0 Å². The lowest BCUT2D eigenvalue weighted by atomic mass is 9.94. The van der Waals surface area contributed by atoms with Crippen LogP contribution < -0.4 is 16.0 Å². The van der Waals surface area contributed by atoms with Crippen LogP contribution in [-0.4, -0.2) is 188 Å². The van der Waals surface area contributed by atoms with E-state index in [1.807, 2.05) is 0 Å². The fourth-order valence-electron chi connectivity index (χ4n) is 9.45. The van der Waals surface area contributed by atoms with Gasteiger partial charge in [0.05, 0.1) is 52.3 Å². The number of rotatable bonds is 31. The van der Waals surface area contributed by atoms with Crippen LogP contribution in [0.1, 0.15) is 34.2 Å². The molecule has 87 heavy (non-hydrogen) atoms. The topological polar surface area (TPSA) is 387 Å². The molecule has 5 aromatic rings. The quantitative estimate of drug-likeness (QED) is 0.0284. The molecule has 2 aliphatic heterocycles. The molecule has 8 unspecified atom stereocenters. The summed E-state index contributed by atoms with van der Waals surface area (Å²) in [6.45, 7) is -4.61.